The summed E-state index contributed by atoms with van der Waals surface area (Å²) in [5.41, 5.74) is 1.00. The first-order chi connectivity index (χ1) is 15.0. The lowest BCUT2D eigenvalue weighted by atomic mass is 10.0. The van der Waals surface area contributed by atoms with E-state index in [9.17, 15) is 4.39 Å². The van der Waals surface area contributed by atoms with Crippen LogP contribution in [0.3, 0.4) is 0 Å². The number of benzene rings is 1. The second-order valence-electron chi connectivity index (χ2n) is 7.83. The van der Waals surface area contributed by atoms with E-state index in [0.29, 0.717) is 30.1 Å². The van der Waals surface area contributed by atoms with E-state index >= 15 is 0 Å². The number of nitrogens with zero attached hydrogens (tertiary/aromatic N) is 3. The van der Waals surface area contributed by atoms with Gasteiger partial charge in [-0.3, -0.25) is 9.89 Å². The highest BCUT2D eigenvalue weighted by Crippen LogP contribution is 2.19. The van der Waals surface area contributed by atoms with Crippen molar-refractivity contribution in [3.8, 4) is 11.6 Å². The molecule has 1 atom stereocenters. The number of halogens is 2. The number of morpholine rings is 1. The average Bonchev–Trinajstić information content (AvgIpc) is 2.79. The van der Waals surface area contributed by atoms with Crippen LogP contribution >= 0.6 is 24.0 Å². The van der Waals surface area contributed by atoms with Crippen molar-refractivity contribution in [1.82, 2.24) is 20.5 Å². The quantitative estimate of drug-likeness (QED) is 0.294. The summed E-state index contributed by atoms with van der Waals surface area (Å²) in [4.78, 5) is 11.1. The first kappa shape index (κ1) is 26.3. The summed E-state index contributed by atoms with van der Waals surface area (Å²) in [6.07, 6.45) is 1.75. The highest BCUT2D eigenvalue weighted by atomic mass is 127. The number of guanidine groups is 1. The van der Waals surface area contributed by atoms with Gasteiger partial charge in [0.25, 0.3) is 0 Å². The number of aliphatic imine (C=N–C) groups is 1. The summed E-state index contributed by atoms with van der Waals surface area (Å²) < 4.78 is 24.1. The molecule has 1 aliphatic heterocycles. The molecule has 176 valence electrons. The highest BCUT2D eigenvalue weighted by Gasteiger charge is 2.23. The van der Waals surface area contributed by atoms with Gasteiger partial charge in [-0.05, 0) is 35.7 Å². The standard InChI is InChI=1S/C23H32FN5O2.HI/c1-17(2)21(29-10-12-30-13-11-29)16-28-23(25-3)27-15-18-4-9-22(26-14-18)31-20-7-5-19(24)6-8-20;/h4-9,14,17,21H,10-13,15-16H2,1-3H3,(H2,25,27,28);1H. The van der Waals surface area contributed by atoms with E-state index in [1.165, 1.54) is 12.1 Å². The number of ether oxygens (including phenoxy) is 2. The van der Waals surface area contributed by atoms with E-state index in [1.54, 1.807) is 31.4 Å². The van der Waals surface area contributed by atoms with Crippen LogP contribution in [-0.4, -0.2) is 61.8 Å². The van der Waals surface area contributed by atoms with Crippen LogP contribution in [0.5, 0.6) is 11.6 Å². The first-order valence-electron chi connectivity index (χ1n) is 10.7. The second-order valence-corrected chi connectivity index (χ2v) is 7.83. The van der Waals surface area contributed by atoms with Gasteiger partial charge in [0.2, 0.25) is 5.88 Å². The lowest BCUT2D eigenvalue weighted by Crippen LogP contribution is -2.52. The molecular weight excluding hydrogens is 524 g/mol. The molecule has 1 saturated heterocycles. The summed E-state index contributed by atoms with van der Waals surface area (Å²) >= 11 is 0. The lowest BCUT2D eigenvalue weighted by Gasteiger charge is -2.37. The largest absolute Gasteiger partial charge is 0.439 e. The third-order valence-electron chi connectivity index (χ3n) is 5.28. The Hall–Kier alpha value is -1.98. The summed E-state index contributed by atoms with van der Waals surface area (Å²) in [5, 5.41) is 6.78. The topological polar surface area (TPSA) is 71.0 Å². The van der Waals surface area contributed by atoms with E-state index in [1.807, 2.05) is 6.07 Å². The molecule has 2 heterocycles. The Kier molecular flexibility index (Phi) is 11.1. The predicted octanol–water partition coefficient (Wildman–Crippen LogP) is 3.65. The Balaban J connectivity index is 0.00000363. The zero-order valence-electron chi connectivity index (χ0n) is 18.9. The fourth-order valence-corrected chi connectivity index (χ4v) is 3.50. The van der Waals surface area contributed by atoms with Crippen molar-refractivity contribution in [3.05, 3.63) is 54.0 Å². The van der Waals surface area contributed by atoms with E-state index in [4.69, 9.17) is 9.47 Å². The Bertz CT molecular complexity index is 827. The number of rotatable bonds is 8. The number of hydrogen-bond donors (Lipinski definition) is 2. The Labute approximate surface area is 206 Å². The molecule has 0 bridgehead atoms. The van der Waals surface area contributed by atoms with Crippen LogP contribution in [0, 0.1) is 11.7 Å². The van der Waals surface area contributed by atoms with Crippen molar-refractivity contribution in [1.29, 1.82) is 0 Å². The summed E-state index contributed by atoms with van der Waals surface area (Å²) in [6, 6.07) is 10.0. The molecular formula is C23H33FIN5O2. The van der Waals surface area contributed by atoms with Crippen molar-refractivity contribution in [2.75, 3.05) is 39.9 Å². The molecule has 3 rings (SSSR count). The fraction of sp³-hybridized carbons (Fsp3) is 0.478. The maximum absolute atomic E-state index is 13.0. The van der Waals surface area contributed by atoms with E-state index in [-0.39, 0.29) is 29.8 Å². The normalized spacial score (nSPS) is 15.7. The van der Waals surface area contributed by atoms with Crippen molar-refractivity contribution < 1.29 is 13.9 Å². The molecule has 32 heavy (non-hydrogen) atoms. The predicted molar refractivity (Wildman–Crippen MR) is 135 cm³/mol. The maximum atomic E-state index is 13.0. The Morgan fingerprint density at radius 2 is 1.88 bits per heavy atom. The average molecular weight is 557 g/mol. The SMILES string of the molecule is CN=C(NCc1ccc(Oc2ccc(F)cc2)nc1)NCC(C(C)C)N1CCOCC1.I. The third kappa shape index (κ3) is 8.18. The zero-order valence-corrected chi connectivity index (χ0v) is 21.2. The Morgan fingerprint density at radius 3 is 2.47 bits per heavy atom. The molecule has 0 radical (unpaired) electrons. The van der Waals surface area contributed by atoms with Crippen molar-refractivity contribution >= 4 is 29.9 Å². The molecule has 0 amide bonds. The van der Waals surface area contributed by atoms with Gasteiger partial charge in [-0.2, -0.15) is 0 Å². The minimum Gasteiger partial charge on any atom is -0.439 e. The van der Waals surface area contributed by atoms with Gasteiger partial charge in [-0.1, -0.05) is 19.9 Å². The number of pyridine rings is 1. The van der Waals surface area contributed by atoms with Crippen LogP contribution in [0.25, 0.3) is 0 Å². The molecule has 0 aliphatic carbocycles. The van der Waals surface area contributed by atoms with Crippen LogP contribution < -0.4 is 15.4 Å². The number of nitrogens with one attached hydrogen (secondary N) is 2. The first-order valence-corrected chi connectivity index (χ1v) is 10.7. The van der Waals surface area contributed by atoms with E-state index < -0.39 is 0 Å². The fourth-order valence-electron chi connectivity index (χ4n) is 3.50. The van der Waals surface area contributed by atoms with Gasteiger partial charge in [0.15, 0.2) is 5.96 Å². The summed E-state index contributed by atoms with van der Waals surface area (Å²) in [5.74, 6) is 1.99. The van der Waals surface area contributed by atoms with Gasteiger partial charge >= 0.3 is 0 Å². The lowest BCUT2D eigenvalue weighted by molar-refractivity contribution is 0.00752. The van der Waals surface area contributed by atoms with Gasteiger partial charge < -0.3 is 20.1 Å². The molecule has 1 aromatic carbocycles. The molecule has 1 aliphatic rings. The molecule has 1 aromatic heterocycles. The van der Waals surface area contributed by atoms with Gasteiger partial charge in [0.05, 0.1) is 13.2 Å². The molecule has 0 spiro atoms. The van der Waals surface area contributed by atoms with Crippen LogP contribution in [0.15, 0.2) is 47.6 Å². The van der Waals surface area contributed by atoms with E-state index in [0.717, 1.165) is 44.4 Å². The van der Waals surface area contributed by atoms with Crippen molar-refractivity contribution in [2.24, 2.45) is 10.9 Å². The molecule has 0 saturated carbocycles. The van der Waals surface area contributed by atoms with Crippen molar-refractivity contribution in [2.45, 2.75) is 26.4 Å². The third-order valence-corrected chi connectivity index (χ3v) is 5.28. The Morgan fingerprint density at radius 1 is 1.16 bits per heavy atom. The van der Waals surface area contributed by atoms with Crippen molar-refractivity contribution in [3.63, 3.8) is 0 Å². The number of hydrogen-bond acceptors (Lipinski definition) is 5. The second kappa shape index (κ2) is 13.5. The molecule has 1 fully saturated rings. The summed E-state index contributed by atoms with van der Waals surface area (Å²) in [7, 11) is 1.77. The van der Waals surface area contributed by atoms with Gasteiger partial charge in [-0.25, -0.2) is 9.37 Å². The van der Waals surface area contributed by atoms with E-state index in [2.05, 4.69) is 39.4 Å². The van der Waals surface area contributed by atoms with Gasteiger partial charge in [-0.15, -0.1) is 24.0 Å². The minimum atomic E-state index is -0.298. The maximum Gasteiger partial charge on any atom is 0.219 e. The van der Waals surface area contributed by atoms with Crippen LogP contribution in [-0.2, 0) is 11.3 Å². The smallest absolute Gasteiger partial charge is 0.219 e. The highest BCUT2D eigenvalue weighted by molar-refractivity contribution is 14.0. The molecule has 7 nitrogen and oxygen atoms in total. The molecule has 1 unspecified atom stereocenters. The van der Waals surface area contributed by atoms with Gasteiger partial charge in [0.1, 0.15) is 11.6 Å². The molecule has 2 aromatic rings. The van der Waals surface area contributed by atoms with Gasteiger partial charge in [0, 0.05) is 51.5 Å². The van der Waals surface area contributed by atoms with Crippen LogP contribution in [0.1, 0.15) is 19.4 Å². The zero-order chi connectivity index (χ0) is 22.1. The monoisotopic (exact) mass is 557 g/mol. The number of aromatic nitrogens is 1. The molecule has 2 N–H and O–H groups in total. The van der Waals surface area contributed by atoms with Crippen LogP contribution in [0.4, 0.5) is 4.39 Å². The van der Waals surface area contributed by atoms with Crippen LogP contribution in [0.2, 0.25) is 0 Å². The molecule has 9 heteroatoms. The summed E-state index contributed by atoms with van der Waals surface area (Å²) in [6.45, 7) is 9.43. The minimum absolute atomic E-state index is 0.